The molecule has 2 rings (SSSR count). The topological polar surface area (TPSA) is 72.6 Å². The van der Waals surface area contributed by atoms with Gasteiger partial charge < -0.3 is 10.5 Å². The Labute approximate surface area is 120 Å². The van der Waals surface area contributed by atoms with Gasteiger partial charge in [0.2, 0.25) is 10.0 Å². The molecule has 1 heterocycles. The summed E-state index contributed by atoms with van der Waals surface area (Å²) in [6, 6.07) is 5.13. The van der Waals surface area contributed by atoms with Crippen molar-refractivity contribution in [2.24, 2.45) is 0 Å². The number of benzene rings is 1. The lowest BCUT2D eigenvalue weighted by Crippen LogP contribution is -2.37. The van der Waals surface area contributed by atoms with E-state index in [-0.39, 0.29) is 11.0 Å². The lowest BCUT2D eigenvalue weighted by Gasteiger charge is -2.27. The maximum absolute atomic E-state index is 12.6. The van der Waals surface area contributed by atoms with Gasteiger partial charge in [-0.05, 0) is 37.8 Å². The van der Waals surface area contributed by atoms with E-state index >= 15 is 0 Å². The van der Waals surface area contributed by atoms with Crippen molar-refractivity contribution in [3.8, 4) is 0 Å². The summed E-state index contributed by atoms with van der Waals surface area (Å²) in [7, 11) is -1.99. The summed E-state index contributed by atoms with van der Waals surface area (Å²) >= 11 is 0. The maximum Gasteiger partial charge on any atom is 0.245 e. The number of sulfonamides is 1. The van der Waals surface area contributed by atoms with Gasteiger partial charge >= 0.3 is 0 Å². The van der Waals surface area contributed by atoms with Gasteiger partial charge in [0.25, 0.3) is 0 Å². The number of nitrogens with zero attached hydrogens (tertiary/aromatic N) is 1. The van der Waals surface area contributed by atoms with Crippen LogP contribution in [0.15, 0.2) is 23.1 Å². The van der Waals surface area contributed by atoms with Crippen molar-refractivity contribution < 1.29 is 13.2 Å². The largest absolute Gasteiger partial charge is 0.398 e. The normalized spacial score (nSPS) is 20.2. The Bertz CT molecular complexity index is 546. The van der Waals surface area contributed by atoms with Crippen LogP contribution in [0.1, 0.15) is 24.8 Å². The summed E-state index contributed by atoms with van der Waals surface area (Å²) in [6.07, 6.45) is 3.03. The average molecular weight is 298 g/mol. The molecule has 0 radical (unpaired) electrons. The minimum atomic E-state index is -3.57. The van der Waals surface area contributed by atoms with Crippen molar-refractivity contribution in [3.05, 3.63) is 23.8 Å². The summed E-state index contributed by atoms with van der Waals surface area (Å²) in [5.41, 5.74) is 6.80. The van der Waals surface area contributed by atoms with Crippen molar-refractivity contribution in [2.45, 2.75) is 37.2 Å². The fraction of sp³-hybridized carbons (Fsp3) is 0.571. The molecule has 1 aromatic rings. The molecule has 1 atom stereocenters. The molecule has 2 N–H and O–H groups in total. The van der Waals surface area contributed by atoms with E-state index in [2.05, 4.69) is 0 Å². The van der Waals surface area contributed by atoms with E-state index in [0.29, 0.717) is 24.4 Å². The van der Waals surface area contributed by atoms with Crippen LogP contribution in [0, 0.1) is 6.92 Å². The number of anilines is 1. The first-order chi connectivity index (χ1) is 9.43. The van der Waals surface area contributed by atoms with E-state index in [4.69, 9.17) is 10.5 Å². The minimum Gasteiger partial charge on any atom is -0.398 e. The summed E-state index contributed by atoms with van der Waals surface area (Å²) in [6.45, 7) is 2.84. The fourth-order valence-corrected chi connectivity index (χ4v) is 4.03. The Morgan fingerprint density at radius 2 is 2.15 bits per heavy atom. The average Bonchev–Trinajstić information content (AvgIpc) is 2.39. The SMILES string of the molecule is Cc1cccc(N)c1S(=O)(=O)N(C)CC1CCCCO1. The molecule has 1 fully saturated rings. The molecule has 0 aromatic heterocycles. The van der Waals surface area contributed by atoms with Gasteiger partial charge in [-0.15, -0.1) is 0 Å². The van der Waals surface area contributed by atoms with E-state index in [0.717, 1.165) is 19.3 Å². The third kappa shape index (κ3) is 3.13. The molecule has 0 bridgehead atoms. The molecule has 6 heteroatoms. The standard InChI is InChI=1S/C14H22N2O3S/c1-11-6-5-8-13(15)14(11)20(17,18)16(2)10-12-7-3-4-9-19-12/h5-6,8,12H,3-4,7,9-10,15H2,1-2H3. The van der Waals surface area contributed by atoms with Gasteiger partial charge in [-0.1, -0.05) is 12.1 Å². The number of hydrogen-bond acceptors (Lipinski definition) is 4. The molecule has 1 aliphatic heterocycles. The summed E-state index contributed by atoms with van der Waals surface area (Å²) in [5, 5.41) is 0. The van der Waals surface area contributed by atoms with E-state index in [1.54, 1.807) is 32.2 Å². The van der Waals surface area contributed by atoms with Crippen molar-refractivity contribution in [1.82, 2.24) is 4.31 Å². The number of likely N-dealkylation sites (N-methyl/N-ethyl adjacent to an activating group) is 1. The van der Waals surface area contributed by atoms with Crippen LogP contribution < -0.4 is 5.73 Å². The zero-order valence-electron chi connectivity index (χ0n) is 12.0. The van der Waals surface area contributed by atoms with Gasteiger partial charge in [0, 0.05) is 20.2 Å². The van der Waals surface area contributed by atoms with Gasteiger partial charge in [0.05, 0.1) is 11.8 Å². The molecule has 112 valence electrons. The quantitative estimate of drug-likeness (QED) is 0.860. The highest BCUT2D eigenvalue weighted by atomic mass is 32.2. The van der Waals surface area contributed by atoms with Gasteiger partial charge in [0.1, 0.15) is 4.90 Å². The molecule has 0 amide bonds. The Hall–Kier alpha value is -1.11. The highest BCUT2D eigenvalue weighted by Crippen LogP contribution is 2.26. The number of nitrogen functional groups attached to an aromatic ring is 1. The molecule has 5 nitrogen and oxygen atoms in total. The van der Waals surface area contributed by atoms with Gasteiger partial charge in [-0.3, -0.25) is 0 Å². The number of rotatable bonds is 4. The van der Waals surface area contributed by atoms with Crippen molar-refractivity contribution in [2.75, 3.05) is 25.9 Å². The minimum absolute atomic E-state index is 0.0197. The molecule has 0 spiro atoms. The second kappa shape index (κ2) is 6.11. The Balaban J connectivity index is 2.21. The molecule has 20 heavy (non-hydrogen) atoms. The lowest BCUT2D eigenvalue weighted by molar-refractivity contribution is 0.00858. The number of ether oxygens (including phenoxy) is 1. The maximum atomic E-state index is 12.6. The zero-order chi connectivity index (χ0) is 14.8. The van der Waals surface area contributed by atoms with Gasteiger partial charge in [-0.25, -0.2) is 8.42 Å². The monoisotopic (exact) mass is 298 g/mol. The number of aryl methyl sites for hydroxylation is 1. The molecular formula is C14H22N2O3S. The second-order valence-corrected chi connectivity index (χ2v) is 7.25. The first kappa shape index (κ1) is 15.3. The number of hydrogen-bond donors (Lipinski definition) is 1. The highest BCUT2D eigenvalue weighted by Gasteiger charge is 2.28. The van der Waals surface area contributed by atoms with Gasteiger partial charge in [-0.2, -0.15) is 4.31 Å². The summed E-state index contributed by atoms with van der Waals surface area (Å²) < 4.78 is 32.2. The molecular weight excluding hydrogens is 276 g/mol. The van der Waals surface area contributed by atoms with E-state index < -0.39 is 10.0 Å². The predicted octanol–water partition coefficient (Wildman–Crippen LogP) is 1.77. The Morgan fingerprint density at radius 1 is 1.40 bits per heavy atom. The van der Waals surface area contributed by atoms with Crippen molar-refractivity contribution in [3.63, 3.8) is 0 Å². The Kier molecular flexibility index (Phi) is 4.67. The third-order valence-corrected chi connectivity index (χ3v) is 5.69. The van der Waals surface area contributed by atoms with Gasteiger partial charge in [0.15, 0.2) is 0 Å². The second-order valence-electron chi connectivity index (χ2n) is 5.27. The van der Waals surface area contributed by atoms with Crippen LogP contribution in [0.25, 0.3) is 0 Å². The first-order valence-corrected chi connectivity index (χ1v) is 8.30. The van der Waals surface area contributed by atoms with E-state index in [9.17, 15) is 8.42 Å². The molecule has 0 saturated carbocycles. The number of nitrogens with two attached hydrogens (primary N) is 1. The molecule has 0 aliphatic carbocycles. The van der Waals surface area contributed by atoms with Crippen LogP contribution in [-0.2, 0) is 14.8 Å². The molecule has 1 aliphatic rings. The predicted molar refractivity (Wildman–Crippen MR) is 79.0 cm³/mol. The highest BCUT2D eigenvalue weighted by molar-refractivity contribution is 7.89. The smallest absolute Gasteiger partial charge is 0.245 e. The van der Waals surface area contributed by atoms with Crippen LogP contribution in [0.2, 0.25) is 0 Å². The molecule has 1 saturated heterocycles. The van der Waals surface area contributed by atoms with Crippen molar-refractivity contribution >= 4 is 15.7 Å². The Morgan fingerprint density at radius 3 is 2.75 bits per heavy atom. The lowest BCUT2D eigenvalue weighted by atomic mass is 10.1. The van der Waals surface area contributed by atoms with E-state index in [1.165, 1.54) is 4.31 Å². The molecule has 1 unspecified atom stereocenters. The zero-order valence-corrected chi connectivity index (χ0v) is 12.8. The van der Waals surface area contributed by atoms with Crippen molar-refractivity contribution in [1.29, 1.82) is 0 Å². The fourth-order valence-electron chi connectivity index (χ4n) is 2.52. The van der Waals surface area contributed by atoms with Crippen LogP contribution in [0.4, 0.5) is 5.69 Å². The first-order valence-electron chi connectivity index (χ1n) is 6.86. The van der Waals surface area contributed by atoms with E-state index in [1.807, 2.05) is 0 Å². The molecule has 1 aromatic carbocycles. The summed E-state index contributed by atoms with van der Waals surface area (Å²) in [4.78, 5) is 0.207. The third-order valence-electron chi connectivity index (χ3n) is 3.65. The van der Waals surface area contributed by atoms with Crippen LogP contribution in [0.3, 0.4) is 0 Å². The summed E-state index contributed by atoms with van der Waals surface area (Å²) in [5.74, 6) is 0. The van der Waals surface area contributed by atoms with Crippen LogP contribution in [-0.4, -0.2) is 39.0 Å². The van der Waals surface area contributed by atoms with Crippen LogP contribution >= 0.6 is 0 Å². The van der Waals surface area contributed by atoms with Crippen LogP contribution in [0.5, 0.6) is 0 Å².